The van der Waals surface area contributed by atoms with Crippen molar-refractivity contribution in [3.05, 3.63) is 53.0 Å². The van der Waals surface area contributed by atoms with E-state index in [9.17, 15) is 4.79 Å². The summed E-state index contributed by atoms with van der Waals surface area (Å²) in [5.41, 5.74) is 1.52. The summed E-state index contributed by atoms with van der Waals surface area (Å²) in [5, 5.41) is 11.2. The van der Waals surface area contributed by atoms with Gasteiger partial charge in [-0.05, 0) is 59.3 Å². The fourth-order valence-corrected chi connectivity index (χ4v) is 3.07. The maximum absolute atomic E-state index is 12.1. The first-order valence-corrected chi connectivity index (χ1v) is 9.67. The molecule has 0 aliphatic heterocycles. The molecule has 26 heavy (non-hydrogen) atoms. The summed E-state index contributed by atoms with van der Waals surface area (Å²) in [4.78, 5) is 12.1. The third-order valence-corrected chi connectivity index (χ3v) is 4.80. The van der Waals surface area contributed by atoms with Crippen LogP contribution in [0.25, 0.3) is 11.5 Å². The molecular weight excluding hydrogens is 418 g/mol. The molecule has 6 nitrogen and oxygen atoms in total. The van der Waals surface area contributed by atoms with Crippen LogP contribution in [0.3, 0.4) is 0 Å². The number of para-hydroxylation sites is 1. The summed E-state index contributed by atoms with van der Waals surface area (Å²) in [6, 6.07) is 14.8. The van der Waals surface area contributed by atoms with Crippen LogP contribution < -0.4 is 10.1 Å². The van der Waals surface area contributed by atoms with Crippen molar-refractivity contribution >= 4 is 39.3 Å². The second-order valence-corrected chi connectivity index (χ2v) is 6.93. The van der Waals surface area contributed by atoms with Crippen molar-refractivity contribution in [2.24, 2.45) is 0 Å². The Labute approximate surface area is 163 Å². The fraction of sp³-hybridized carbons (Fsp3) is 0.167. The van der Waals surface area contributed by atoms with E-state index in [1.165, 1.54) is 11.8 Å². The van der Waals surface area contributed by atoms with E-state index in [0.29, 0.717) is 17.7 Å². The van der Waals surface area contributed by atoms with E-state index in [1.807, 2.05) is 55.5 Å². The van der Waals surface area contributed by atoms with E-state index in [-0.39, 0.29) is 11.7 Å². The molecule has 3 rings (SSSR count). The molecule has 1 aromatic heterocycles. The second-order valence-electron chi connectivity index (χ2n) is 5.15. The van der Waals surface area contributed by atoms with Crippen molar-refractivity contribution in [1.29, 1.82) is 0 Å². The maximum Gasteiger partial charge on any atom is 0.277 e. The molecule has 3 aromatic rings. The molecule has 0 aliphatic carbocycles. The molecule has 0 unspecified atom stereocenters. The number of carbonyl (C=O) groups excluding carboxylic acids is 1. The lowest BCUT2D eigenvalue weighted by Crippen LogP contribution is -2.14. The zero-order chi connectivity index (χ0) is 18.4. The Morgan fingerprint density at radius 3 is 2.69 bits per heavy atom. The largest absolute Gasteiger partial charge is 0.494 e. The van der Waals surface area contributed by atoms with E-state index >= 15 is 0 Å². The molecule has 1 N–H and O–H groups in total. The number of aromatic nitrogens is 2. The van der Waals surface area contributed by atoms with Crippen LogP contribution in [-0.4, -0.2) is 28.5 Å². The van der Waals surface area contributed by atoms with Crippen LogP contribution in [0, 0.1) is 0 Å². The number of rotatable bonds is 7. The molecule has 8 heteroatoms. The van der Waals surface area contributed by atoms with Gasteiger partial charge in [0.15, 0.2) is 0 Å². The molecule has 0 aliphatic rings. The number of halogens is 1. The van der Waals surface area contributed by atoms with Crippen LogP contribution in [0.2, 0.25) is 0 Å². The normalized spacial score (nSPS) is 10.5. The number of amides is 1. The quantitative estimate of drug-likeness (QED) is 0.547. The first kappa shape index (κ1) is 18.5. The van der Waals surface area contributed by atoms with E-state index in [2.05, 4.69) is 31.4 Å². The Morgan fingerprint density at radius 1 is 1.19 bits per heavy atom. The van der Waals surface area contributed by atoms with Crippen molar-refractivity contribution in [3.8, 4) is 17.2 Å². The van der Waals surface area contributed by atoms with E-state index in [0.717, 1.165) is 21.5 Å². The lowest BCUT2D eigenvalue weighted by Gasteiger charge is -2.05. The number of anilines is 1. The maximum atomic E-state index is 12.1. The van der Waals surface area contributed by atoms with Gasteiger partial charge in [-0.3, -0.25) is 4.79 Å². The van der Waals surface area contributed by atoms with Crippen molar-refractivity contribution in [1.82, 2.24) is 10.2 Å². The second kappa shape index (κ2) is 8.86. The molecule has 1 amide bonds. The van der Waals surface area contributed by atoms with Crippen molar-refractivity contribution in [2.75, 3.05) is 17.7 Å². The average molecular weight is 434 g/mol. The molecule has 0 fully saturated rings. The van der Waals surface area contributed by atoms with Gasteiger partial charge in [-0.2, -0.15) is 0 Å². The highest BCUT2D eigenvalue weighted by Gasteiger charge is 2.12. The van der Waals surface area contributed by atoms with Crippen LogP contribution in [0.4, 0.5) is 5.69 Å². The minimum atomic E-state index is -0.150. The van der Waals surface area contributed by atoms with E-state index in [4.69, 9.17) is 9.15 Å². The molecular formula is C18H16BrN3O3S. The van der Waals surface area contributed by atoms with Crippen LogP contribution >= 0.6 is 27.7 Å². The molecule has 134 valence electrons. The van der Waals surface area contributed by atoms with E-state index in [1.54, 1.807) is 0 Å². The predicted octanol–water partition coefficient (Wildman–Crippen LogP) is 4.63. The number of thioether (sulfide) groups is 1. The Balaban J connectivity index is 1.56. The van der Waals surface area contributed by atoms with Gasteiger partial charge in [0.2, 0.25) is 11.8 Å². The van der Waals surface area contributed by atoms with E-state index < -0.39 is 0 Å². The van der Waals surface area contributed by atoms with Gasteiger partial charge in [0, 0.05) is 10.0 Å². The van der Waals surface area contributed by atoms with Crippen molar-refractivity contribution < 1.29 is 13.9 Å². The Kier molecular flexibility index (Phi) is 6.30. The zero-order valence-corrected chi connectivity index (χ0v) is 16.3. The first-order valence-electron chi connectivity index (χ1n) is 7.89. The highest BCUT2D eigenvalue weighted by atomic mass is 79.9. The monoisotopic (exact) mass is 433 g/mol. The SMILES string of the molecule is CCOc1ccc(-c2nnc(SCC(=O)Nc3ccccc3Br)o2)cc1. The van der Waals surface area contributed by atoms with Gasteiger partial charge < -0.3 is 14.5 Å². The minimum Gasteiger partial charge on any atom is -0.494 e. The van der Waals surface area contributed by atoms with Crippen molar-refractivity contribution in [3.63, 3.8) is 0 Å². The number of hydrogen-bond donors (Lipinski definition) is 1. The molecule has 1 heterocycles. The summed E-state index contributed by atoms with van der Waals surface area (Å²) < 4.78 is 11.8. The Bertz CT molecular complexity index is 883. The molecule has 0 saturated carbocycles. The highest BCUT2D eigenvalue weighted by molar-refractivity contribution is 9.10. The van der Waals surface area contributed by atoms with Crippen LogP contribution in [0.1, 0.15) is 6.92 Å². The van der Waals surface area contributed by atoms with Gasteiger partial charge in [0.25, 0.3) is 5.22 Å². The van der Waals surface area contributed by atoms with Crippen molar-refractivity contribution in [2.45, 2.75) is 12.1 Å². The van der Waals surface area contributed by atoms with Gasteiger partial charge >= 0.3 is 0 Å². The summed E-state index contributed by atoms with van der Waals surface area (Å²) in [7, 11) is 0. The molecule has 0 spiro atoms. The third kappa shape index (κ3) is 4.86. The number of ether oxygens (including phenoxy) is 1. The summed E-state index contributed by atoms with van der Waals surface area (Å²) in [6.07, 6.45) is 0. The fourth-order valence-electron chi connectivity index (χ4n) is 2.12. The minimum absolute atomic E-state index is 0.150. The smallest absolute Gasteiger partial charge is 0.277 e. The molecule has 0 radical (unpaired) electrons. The zero-order valence-electron chi connectivity index (χ0n) is 13.9. The molecule has 0 atom stereocenters. The van der Waals surface area contributed by atoms with Gasteiger partial charge in [-0.1, -0.05) is 23.9 Å². The Morgan fingerprint density at radius 2 is 1.96 bits per heavy atom. The number of hydrogen-bond acceptors (Lipinski definition) is 6. The van der Waals surface area contributed by atoms with Gasteiger partial charge in [-0.15, -0.1) is 10.2 Å². The summed E-state index contributed by atoms with van der Waals surface area (Å²) in [6.45, 7) is 2.55. The van der Waals surface area contributed by atoms with Gasteiger partial charge in [0.05, 0.1) is 18.0 Å². The Hall–Kier alpha value is -2.32. The van der Waals surface area contributed by atoms with Gasteiger partial charge in [0.1, 0.15) is 5.75 Å². The standard InChI is InChI=1S/C18H16BrN3O3S/c1-2-24-13-9-7-12(8-10-13)17-21-22-18(25-17)26-11-16(23)20-15-6-4-3-5-14(15)19/h3-10H,2,11H2,1H3,(H,20,23). The topological polar surface area (TPSA) is 77.2 Å². The lowest BCUT2D eigenvalue weighted by molar-refractivity contribution is -0.113. The van der Waals surface area contributed by atoms with Crippen LogP contribution in [-0.2, 0) is 4.79 Å². The number of carbonyl (C=O) groups is 1. The average Bonchev–Trinajstić information content (AvgIpc) is 3.12. The summed E-state index contributed by atoms with van der Waals surface area (Å²) in [5.74, 6) is 1.21. The molecule has 2 aromatic carbocycles. The third-order valence-electron chi connectivity index (χ3n) is 3.29. The predicted molar refractivity (Wildman–Crippen MR) is 104 cm³/mol. The number of nitrogens with one attached hydrogen (secondary N) is 1. The van der Waals surface area contributed by atoms with Crippen LogP contribution in [0.5, 0.6) is 5.75 Å². The first-order chi connectivity index (χ1) is 12.7. The van der Waals surface area contributed by atoms with Gasteiger partial charge in [-0.25, -0.2) is 0 Å². The highest BCUT2D eigenvalue weighted by Crippen LogP contribution is 2.26. The lowest BCUT2D eigenvalue weighted by atomic mass is 10.2. The molecule has 0 bridgehead atoms. The number of benzene rings is 2. The summed E-state index contributed by atoms with van der Waals surface area (Å²) >= 11 is 4.58. The molecule has 0 saturated heterocycles. The number of nitrogens with zero attached hydrogens (tertiary/aromatic N) is 2. The van der Waals surface area contributed by atoms with Crippen LogP contribution in [0.15, 0.2) is 62.6 Å².